The average Bonchev–Trinajstić information content (AvgIpc) is 1.98. The first-order valence-corrected chi connectivity index (χ1v) is 2.49. The molecule has 0 unspecified atom stereocenters. The van der Waals surface area contributed by atoms with Gasteiger partial charge in [-0.05, 0) is 0 Å². The fraction of sp³-hybridized carbons (Fsp3) is 0. The Morgan fingerprint density at radius 3 is 2.00 bits per heavy atom. The van der Waals surface area contributed by atoms with Crippen LogP contribution in [0.15, 0.2) is 10.7 Å². The Hall–Kier alpha value is -1.10. The van der Waals surface area contributed by atoms with E-state index in [4.69, 9.17) is 5.11 Å². The molecule has 1 aliphatic rings. The summed E-state index contributed by atoms with van der Waals surface area (Å²) in [5, 5.41) is 10.4. The van der Waals surface area contributed by atoms with Crippen LogP contribution in [0.25, 0.3) is 0 Å². The fourth-order valence-corrected chi connectivity index (χ4v) is 0.573. The van der Waals surface area contributed by atoms with Crippen molar-refractivity contribution in [3.63, 3.8) is 0 Å². The summed E-state index contributed by atoms with van der Waals surface area (Å²) in [7, 11) is 0. The van der Waals surface area contributed by atoms with E-state index in [0.717, 1.165) is 0 Å². The molecule has 0 aromatic rings. The van der Waals surface area contributed by atoms with E-state index < -0.39 is 17.6 Å². The van der Waals surface area contributed by atoms with Crippen molar-refractivity contribution in [2.24, 2.45) is 0 Å². The number of carbonyl (C=O) groups excluding carboxylic acids is 2. The number of hydrogen-bond acceptors (Lipinski definition) is 4. The van der Waals surface area contributed by atoms with Gasteiger partial charge in [0, 0.05) is 0 Å². The van der Waals surface area contributed by atoms with E-state index in [0.29, 0.717) is 0 Å². The summed E-state index contributed by atoms with van der Waals surface area (Å²) in [6.07, 6.45) is 0. The third-order valence-corrected chi connectivity index (χ3v) is 1.24. The molecule has 0 saturated heterocycles. The first-order chi connectivity index (χ1) is 4.13. The highest BCUT2D eigenvalue weighted by molar-refractivity contribution is 7.65. The zero-order valence-electron chi connectivity index (χ0n) is 4.17. The zero-order valence-corrected chi connectivity index (χ0v) is 4.99. The third-order valence-electron chi connectivity index (χ3n) is 0.863. The maximum absolute atomic E-state index is 10.3. The first kappa shape index (κ1) is 6.03. The normalized spacial score (nSPS) is 18.7. The van der Waals surface area contributed by atoms with Crippen molar-refractivity contribution in [3.8, 4) is 0 Å². The number of rotatable bonds is 0. The number of aliphatic hydroxyl groups is 1. The molecule has 0 aromatic carbocycles. The number of nitrogens with one attached hydrogen (secondary N) is 1. The second-order valence-electron chi connectivity index (χ2n) is 1.46. The molecule has 1 heterocycles. The van der Waals surface area contributed by atoms with E-state index >= 15 is 0 Å². The number of aliphatic hydroxyl groups excluding tert-OH is 1. The van der Waals surface area contributed by atoms with Gasteiger partial charge >= 0.3 is 0 Å². The fourth-order valence-electron chi connectivity index (χ4n) is 0.430. The largest absolute Gasteiger partial charge is 0.771 e. The Bertz CT molecular complexity index is 198. The molecular weight excluding hydrogens is 142 g/mol. The van der Waals surface area contributed by atoms with Crippen LogP contribution in [0, 0.1) is 0 Å². The minimum Gasteiger partial charge on any atom is -0.771 e. The topological polar surface area (TPSA) is 66.4 Å². The molecule has 0 saturated carbocycles. The highest BCUT2D eigenvalue weighted by Crippen LogP contribution is 2.05. The van der Waals surface area contributed by atoms with Gasteiger partial charge in [-0.15, -0.1) is 0 Å². The predicted molar refractivity (Wildman–Crippen MR) is 30.2 cm³/mol. The Kier molecular flexibility index (Phi) is 1.14. The van der Waals surface area contributed by atoms with Crippen molar-refractivity contribution in [3.05, 3.63) is 10.7 Å². The molecule has 2 N–H and O–H groups in total. The highest BCUT2D eigenvalue weighted by Gasteiger charge is 2.20. The third kappa shape index (κ3) is 0.746. The maximum atomic E-state index is 10.3. The summed E-state index contributed by atoms with van der Waals surface area (Å²) in [5.41, 5.74) is 0. The molecule has 0 fully saturated rings. The Morgan fingerprint density at radius 1 is 1.33 bits per heavy atom. The van der Waals surface area contributed by atoms with Gasteiger partial charge in [0.15, 0.2) is 5.76 Å². The minimum atomic E-state index is -0.815. The van der Waals surface area contributed by atoms with Gasteiger partial charge in [-0.2, -0.15) is 0 Å². The first-order valence-electron chi connectivity index (χ1n) is 2.09. The smallest absolute Gasteiger partial charge is 0.291 e. The van der Waals surface area contributed by atoms with Crippen LogP contribution < -0.4 is 5.32 Å². The van der Waals surface area contributed by atoms with Crippen LogP contribution in [0.3, 0.4) is 0 Å². The molecule has 9 heavy (non-hydrogen) atoms. The summed E-state index contributed by atoms with van der Waals surface area (Å²) >= 11 is 4.32. The van der Waals surface area contributed by atoms with E-state index in [1.165, 1.54) is 0 Å². The Morgan fingerprint density at radius 2 is 1.89 bits per heavy atom. The number of carbonyl (C=O) groups is 2. The second kappa shape index (κ2) is 1.70. The van der Waals surface area contributed by atoms with Crippen molar-refractivity contribution < 1.29 is 14.7 Å². The highest BCUT2D eigenvalue weighted by atomic mass is 32.1. The molecule has 1 rings (SSSR count). The van der Waals surface area contributed by atoms with Crippen LogP contribution in [-0.2, 0) is 22.2 Å². The Balaban J connectivity index is 3.06. The number of imide groups is 1. The van der Waals surface area contributed by atoms with Crippen molar-refractivity contribution in [2.45, 2.75) is 0 Å². The van der Waals surface area contributed by atoms with E-state index in [9.17, 15) is 9.59 Å². The van der Waals surface area contributed by atoms with E-state index in [-0.39, 0.29) is 4.91 Å². The van der Waals surface area contributed by atoms with Gasteiger partial charge in [-0.1, -0.05) is 4.91 Å². The van der Waals surface area contributed by atoms with Crippen molar-refractivity contribution >= 4 is 24.4 Å². The predicted octanol–water partition coefficient (Wildman–Crippen LogP) is -1.04. The van der Waals surface area contributed by atoms with Crippen LogP contribution in [0.4, 0.5) is 0 Å². The van der Waals surface area contributed by atoms with Gasteiger partial charge in [0.25, 0.3) is 5.91 Å². The summed E-state index contributed by atoms with van der Waals surface area (Å²) < 4.78 is 0. The zero-order chi connectivity index (χ0) is 7.02. The van der Waals surface area contributed by atoms with Gasteiger partial charge in [0.1, 0.15) is 0 Å². The van der Waals surface area contributed by atoms with Gasteiger partial charge in [-0.3, -0.25) is 14.9 Å². The number of hydrogen-bond donors (Lipinski definition) is 2. The molecule has 1 aliphatic heterocycles. The molecular formula is C4H2NO3S-. The maximum Gasteiger partial charge on any atom is 0.291 e. The standard InChI is InChI=1S/C4H3NO3S/c6-1-2(9)4(8)5-3(1)7/h(H3,5,6,7,8,9)/p-1. The van der Waals surface area contributed by atoms with Crippen LogP contribution >= 0.6 is 0 Å². The number of amides is 2. The lowest BCUT2D eigenvalue weighted by atomic mass is 10.5. The molecule has 0 radical (unpaired) electrons. The van der Waals surface area contributed by atoms with Crippen LogP contribution in [0.5, 0.6) is 0 Å². The summed E-state index contributed by atoms with van der Waals surface area (Å²) in [5.74, 6) is -2.17. The molecule has 0 bridgehead atoms. The molecule has 5 heteroatoms. The van der Waals surface area contributed by atoms with Crippen molar-refractivity contribution in [1.82, 2.24) is 5.32 Å². The van der Waals surface area contributed by atoms with Crippen LogP contribution in [0.1, 0.15) is 0 Å². The van der Waals surface area contributed by atoms with Crippen molar-refractivity contribution in [1.29, 1.82) is 0 Å². The Labute approximate surface area is 56.0 Å². The lowest BCUT2D eigenvalue weighted by molar-refractivity contribution is -0.124. The SMILES string of the molecule is O=C1NC(=O)C([S-])=C1O. The van der Waals surface area contributed by atoms with Gasteiger partial charge in [0.2, 0.25) is 5.91 Å². The quantitative estimate of drug-likeness (QED) is 0.336. The minimum absolute atomic E-state index is 0.333. The molecule has 48 valence electrons. The molecule has 0 atom stereocenters. The second-order valence-corrected chi connectivity index (χ2v) is 1.87. The summed E-state index contributed by atoms with van der Waals surface area (Å²) in [4.78, 5) is 20.3. The lowest BCUT2D eigenvalue weighted by Crippen LogP contribution is -2.22. The van der Waals surface area contributed by atoms with Gasteiger partial charge in [0.05, 0.1) is 0 Å². The lowest BCUT2D eigenvalue weighted by Gasteiger charge is -1.98. The summed E-state index contributed by atoms with van der Waals surface area (Å²) in [6.45, 7) is 0. The van der Waals surface area contributed by atoms with Crippen LogP contribution in [0.2, 0.25) is 0 Å². The van der Waals surface area contributed by atoms with E-state index in [1.807, 2.05) is 5.32 Å². The molecule has 2 amide bonds. The summed E-state index contributed by atoms with van der Waals surface area (Å²) in [6, 6.07) is 0. The molecule has 0 aromatic heterocycles. The van der Waals surface area contributed by atoms with E-state index in [2.05, 4.69) is 12.6 Å². The van der Waals surface area contributed by atoms with Crippen molar-refractivity contribution in [2.75, 3.05) is 0 Å². The van der Waals surface area contributed by atoms with E-state index in [1.54, 1.807) is 0 Å². The molecule has 0 spiro atoms. The van der Waals surface area contributed by atoms with Crippen LogP contribution in [-0.4, -0.2) is 16.9 Å². The monoisotopic (exact) mass is 144 g/mol. The molecule has 0 aliphatic carbocycles. The van der Waals surface area contributed by atoms with Gasteiger partial charge < -0.3 is 17.7 Å². The van der Waals surface area contributed by atoms with Gasteiger partial charge in [-0.25, -0.2) is 0 Å². The average molecular weight is 144 g/mol. The molecule has 4 nitrogen and oxygen atoms in total.